The van der Waals surface area contributed by atoms with Crippen LogP contribution in [0.3, 0.4) is 0 Å². The molecule has 0 aliphatic heterocycles. The summed E-state index contributed by atoms with van der Waals surface area (Å²) in [6, 6.07) is 2.85. The van der Waals surface area contributed by atoms with Crippen molar-refractivity contribution in [3.8, 4) is 0 Å². The molecule has 0 spiro atoms. The second kappa shape index (κ2) is 7.16. The molecule has 0 bridgehead atoms. The topological polar surface area (TPSA) is 80.1 Å². The van der Waals surface area contributed by atoms with E-state index >= 15 is 0 Å². The first-order chi connectivity index (χ1) is 11.3. The fraction of sp³-hybridized carbons (Fsp3) is 0.333. The molecule has 2 amide bonds. The zero-order valence-electron chi connectivity index (χ0n) is 13.5. The van der Waals surface area contributed by atoms with Crippen LogP contribution in [0.25, 0.3) is 0 Å². The lowest BCUT2D eigenvalue weighted by Gasteiger charge is -2.13. The smallest absolute Gasteiger partial charge is 0.273 e. The summed E-state index contributed by atoms with van der Waals surface area (Å²) in [4.78, 5) is 25.1. The molecule has 1 unspecified atom stereocenters. The van der Waals surface area contributed by atoms with Crippen LogP contribution < -0.4 is 5.32 Å². The number of benzene rings is 1. The van der Waals surface area contributed by atoms with E-state index in [1.54, 1.807) is 21.0 Å². The fourth-order valence-electron chi connectivity index (χ4n) is 1.90. The average molecular weight is 337 g/mol. The van der Waals surface area contributed by atoms with E-state index in [-0.39, 0.29) is 18.1 Å². The molecule has 1 atom stereocenters. The van der Waals surface area contributed by atoms with Gasteiger partial charge in [0, 0.05) is 14.1 Å². The number of likely N-dealkylation sites (N-methyl/N-ethyl adjacent to an activating group) is 1. The van der Waals surface area contributed by atoms with E-state index in [9.17, 15) is 18.4 Å². The number of halogens is 2. The van der Waals surface area contributed by atoms with Crippen LogP contribution in [0, 0.1) is 11.6 Å². The Morgan fingerprint density at radius 1 is 1.29 bits per heavy atom. The molecule has 0 aliphatic rings. The van der Waals surface area contributed by atoms with Crippen molar-refractivity contribution < 1.29 is 18.4 Å². The van der Waals surface area contributed by atoms with Gasteiger partial charge in [0.25, 0.3) is 5.91 Å². The van der Waals surface area contributed by atoms with E-state index in [2.05, 4.69) is 15.6 Å². The highest BCUT2D eigenvalue weighted by atomic mass is 19.2. The molecule has 1 heterocycles. The third kappa shape index (κ3) is 4.12. The summed E-state index contributed by atoms with van der Waals surface area (Å²) in [7, 11) is 3.22. The van der Waals surface area contributed by atoms with E-state index in [0.29, 0.717) is 5.56 Å². The molecule has 9 heteroatoms. The molecule has 0 fully saturated rings. The molecule has 0 radical (unpaired) electrons. The number of amides is 2. The summed E-state index contributed by atoms with van der Waals surface area (Å²) in [6.45, 7) is 1.59. The zero-order chi connectivity index (χ0) is 17.9. The Bertz CT molecular complexity index is 760. The fourth-order valence-corrected chi connectivity index (χ4v) is 1.90. The molecule has 0 aliphatic carbocycles. The molecule has 1 aromatic carbocycles. The van der Waals surface area contributed by atoms with Crippen LogP contribution in [0.1, 0.15) is 29.0 Å². The molecule has 2 aromatic rings. The first kappa shape index (κ1) is 17.5. The number of hydrogen-bond donors (Lipinski definition) is 1. The number of nitrogens with zero attached hydrogens (tertiary/aromatic N) is 4. The lowest BCUT2D eigenvalue weighted by Crippen LogP contribution is -2.27. The van der Waals surface area contributed by atoms with Gasteiger partial charge in [-0.25, -0.2) is 13.5 Å². The summed E-state index contributed by atoms with van der Waals surface area (Å²) in [5.74, 6) is -2.66. The SMILES string of the molecule is CC(NC(=O)c1cn(CC(=O)N(C)C)nn1)c1ccc(F)c(F)c1. The summed E-state index contributed by atoms with van der Waals surface area (Å²) >= 11 is 0. The van der Waals surface area contributed by atoms with Crippen molar-refractivity contribution in [2.75, 3.05) is 14.1 Å². The second-order valence-electron chi connectivity index (χ2n) is 5.46. The van der Waals surface area contributed by atoms with Crippen molar-refractivity contribution in [2.24, 2.45) is 0 Å². The predicted molar refractivity (Wildman–Crippen MR) is 81.0 cm³/mol. The van der Waals surface area contributed by atoms with Crippen molar-refractivity contribution in [2.45, 2.75) is 19.5 Å². The molecule has 128 valence electrons. The monoisotopic (exact) mass is 337 g/mol. The summed E-state index contributed by atoms with van der Waals surface area (Å²) in [5.41, 5.74) is 0.438. The van der Waals surface area contributed by atoms with Gasteiger partial charge in [-0.15, -0.1) is 5.10 Å². The van der Waals surface area contributed by atoms with Crippen molar-refractivity contribution in [1.82, 2.24) is 25.2 Å². The molecular weight excluding hydrogens is 320 g/mol. The third-order valence-electron chi connectivity index (χ3n) is 3.36. The summed E-state index contributed by atoms with van der Waals surface area (Å²) < 4.78 is 27.4. The molecule has 2 rings (SSSR count). The van der Waals surface area contributed by atoms with Gasteiger partial charge >= 0.3 is 0 Å². The van der Waals surface area contributed by atoms with E-state index in [1.165, 1.54) is 21.8 Å². The summed E-state index contributed by atoms with van der Waals surface area (Å²) in [5, 5.41) is 10.0. The van der Waals surface area contributed by atoms with Crippen LogP contribution in [-0.2, 0) is 11.3 Å². The highest BCUT2D eigenvalue weighted by Crippen LogP contribution is 2.16. The average Bonchev–Trinajstić information content (AvgIpc) is 2.98. The second-order valence-corrected chi connectivity index (χ2v) is 5.46. The largest absolute Gasteiger partial charge is 0.347 e. The van der Waals surface area contributed by atoms with Gasteiger partial charge in [0.1, 0.15) is 6.54 Å². The predicted octanol–water partition coefficient (Wildman–Crippen LogP) is 1.14. The van der Waals surface area contributed by atoms with Crippen molar-refractivity contribution >= 4 is 11.8 Å². The third-order valence-corrected chi connectivity index (χ3v) is 3.36. The van der Waals surface area contributed by atoms with Crippen molar-refractivity contribution in [1.29, 1.82) is 0 Å². The Labute approximate surface area is 137 Å². The molecule has 0 saturated carbocycles. The number of aromatic nitrogens is 3. The maximum absolute atomic E-state index is 13.2. The van der Waals surface area contributed by atoms with Gasteiger partial charge in [0.05, 0.1) is 12.2 Å². The highest BCUT2D eigenvalue weighted by molar-refractivity contribution is 5.92. The van der Waals surface area contributed by atoms with E-state index in [4.69, 9.17) is 0 Å². The minimum absolute atomic E-state index is 0.0241. The maximum atomic E-state index is 13.2. The maximum Gasteiger partial charge on any atom is 0.273 e. The van der Waals surface area contributed by atoms with Crippen molar-refractivity contribution in [3.05, 3.63) is 47.3 Å². The van der Waals surface area contributed by atoms with Gasteiger partial charge in [-0.2, -0.15) is 0 Å². The van der Waals surface area contributed by atoms with Gasteiger partial charge in [0.2, 0.25) is 5.91 Å². The Morgan fingerprint density at radius 3 is 2.62 bits per heavy atom. The Hall–Kier alpha value is -2.84. The Balaban J connectivity index is 2.03. The number of nitrogens with one attached hydrogen (secondary N) is 1. The van der Waals surface area contributed by atoms with E-state index in [1.807, 2.05) is 0 Å². The minimum Gasteiger partial charge on any atom is -0.347 e. The summed E-state index contributed by atoms with van der Waals surface area (Å²) in [6.07, 6.45) is 1.34. The number of hydrogen-bond acceptors (Lipinski definition) is 4. The van der Waals surface area contributed by atoms with Crippen LogP contribution >= 0.6 is 0 Å². The number of rotatable bonds is 5. The van der Waals surface area contributed by atoms with Crippen LogP contribution in [0.15, 0.2) is 24.4 Å². The van der Waals surface area contributed by atoms with E-state index < -0.39 is 23.6 Å². The molecule has 1 N–H and O–H groups in total. The van der Waals surface area contributed by atoms with Gasteiger partial charge < -0.3 is 10.2 Å². The Kier molecular flexibility index (Phi) is 5.22. The lowest BCUT2D eigenvalue weighted by atomic mass is 10.1. The van der Waals surface area contributed by atoms with Crippen LogP contribution in [0.2, 0.25) is 0 Å². The molecule has 7 nitrogen and oxygen atoms in total. The molecule has 0 saturated heterocycles. The first-order valence-corrected chi connectivity index (χ1v) is 7.14. The van der Waals surface area contributed by atoms with Crippen LogP contribution in [0.5, 0.6) is 0 Å². The van der Waals surface area contributed by atoms with Gasteiger partial charge in [-0.3, -0.25) is 9.59 Å². The molecular formula is C15H17F2N5O2. The van der Waals surface area contributed by atoms with Gasteiger partial charge in [-0.05, 0) is 24.6 Å². The Morgan fingerprint density at radius 2 is 2.00 bits per heavy atom. The molecule has 1 aromatic heterocycles. The highest BCUT2D eigenvalue weighted by Gasteiger charge is 2.17. The van der Waals surface area contributed by atoms with Crippen LogP contribution in [0.4, 0.5) is 8.78 Å². The van der Waals surface area contributed by atoms with Gasteiger partial charge in [0.15, 0.2) is 17.3 Å². The zero-order valence-corrected chi connectivity index (χ0v) is 13.5. The lowest BCUT2D eigenvalue weighted by molar-refractivity contribution is -0.129. The van der Waals surface area contributed by atoms with Crippen LogP contribution in [-0.4, -0.2) is 45.8 Å². The van der Waals surface area contributed by atoms with Gasteiger partial charge in [-0.1, -0.05) is 11.3 Å². The number of carbonyl (C=O) groups excluding carboxylic acids is 2. The van der Waals surface area contributed by atoms with E-state index in [0.717, 1.165) is 12.1 Å². The molecule has 24 heavy (non-hydrogen) atoms. The first-order valence-electron chi connectivity index (χ1n) is 7.14. The standard InChI is InChI=1S/C15H17F2N5O2/c1-9(10-4-5-11(16)12(17)6-10)18-15(24)13-7-22(20-19-13)8-14(23)21(2)3/h4-7,9H,8H2,1-3H3,(H,18,24). The minimum atomic E-state index is -0.984. The van der Waals surface area contributed by atoms with Crippen molar-refractivity contribution in [3.63, 3.8) is 0 Å². The quantitative estimate of drug-likeness (QED) is 0.887. The number of carbonyl (C=O) groups is 2. The normalized spacial score (nSPS) is 11.9.